The van der Waals surface area contributed by atoms with Crippen LogP contribution in [0.2, 0.25) is 0 Å². The van der Waals surface area contributed by atoms with Crippen molar-refractivity contribution in [2.75, 3.05) is 27.9 Å². The Morgan fingerprint density at radius 2 is 1.52 bits per heavy atom. The molecule has 7 nitrogen and oxygen atoms in total. The number of benzene rings is 3. The average Bonchev–Trinajstić information content (AvgIpc) is 2.82. The fraction of sp³-hybridized carbons (Fsp3) is 0.167. The van der Waals surface area contributed by atoms with Crippen molar-refractivity contribution in [3.8, 4) is 34.1 Å². The van der Waals surface area contributed by atoms with E-state index in [0.717, 1.165) is 11.1 Å². The van der Waals surface area contributed by atoms with Gasteiger partial charge in [0.2, 0.25) is 5.75 Å². The Morgan fingerprint density at radius 3 is 2.16 bits per heavy atom. The highest BCUT2D eigenvalue weighted by atomic mass is 16.5. The third kappa shape index (κ3) is 5.54. The van der Waals surface area contributed by atoms with Crippen molar-refractivity contribution >= 4 is 12.1 Å². The van der Waals surface area contributed by atoms with Gasteiger partial charge in [-0.25, -0.2) is 5.43 Å². The SMILES string of the molecule is COc1cc(/C=N\NC(=O)COc2ccccc2-c2ccccc2)cc(OC)c1OC. The van der Waals surface area contributed by atoms with Gasteiger partial charge in [-0.3, -0.25) is 4.79 Å². The third-order valence-electron chi connectivity index (χ3n) is 4.42. The van der Waals surface area contributed by atoms with E-state index in [9.17, 15) is 4.79 Å². The van der Waals surface area contributed by atoms with Crippen LogP contribution in [0.25, 0.3) is 11.1 Å². The fourth-order valence-corrected chi connectivity index (χ4v) is 2.98. The number of methoxy groups -OCH3 is 3. The van der Waals surface area contributed by atoms with E-state index in [1.54, 1.807) is 12.1 Å². The van der Waals surface area contributed by atoms with Gasteiger partial charge in [-0.05, 0) is 23.8 Å². The molecule has 0 fully saturated rings. The Bertz CT molecular complexity index is 1030. The molecule has 160 valence electrons. The zero-order chi connectivity index (χ0) is 22.1. The third-order valence-corrected chi connectivity index (χ3v) is 4.42. The summed E-state index contributed by atoms with van der Waals surface area (Å²) in [6.45, 7) is -0.170. The van der Waals surface area contributed by atoms with Gasteiger partial charge >= 0.3 is 0 Å². The highest BCUT2D eigenvalue weighted by molar-refractivity contribution is 5.85. The van der Waals surface area contributed by atoms with E-state index < -0.39 is 0 Å². The molecule has 0 aliphatic heterocycles. The fourth-order valence-electron chi connectivity index (χ4n) is 2.98. The Morgan fingerprint density at radius 1 is 0.871 bits per heavy atom. The summed E-state index contributed by atoms with van der Waals surface area (Å²) in [5.74, 6) is 1.71. The summed E-state index contributed by atoms with van der Waals surface area (Å²) in [7, 11) is 4.60. The van der Waals surface area contributed by atoms with Gasteiger partial charge in [0.1, 0.15) is 5.75 Å². The van der Waals surface area contributed by atoms with Crippen LogP contribution in [0.4, 0.5) is 0 Å². The Hall–Kier alpha value is -4.00. The largest absolute Gasteiger partial charge is 0.493 e. The van der Waals surface area contributed by atoms with E-state index in [1.807, 2.05) is 54.6 Å². The highest BCUT2D eigenvalue weighted by Crippen LogP contribution is 2.37. The van der Waals surface area contributed by atoms with Gasteiger partial charge in [-0.2, -0.15) is 5.10 Å². The summed E-state index contributed by atoms with van der Waals surface area (Å²) in [4.78, 5) is 12.2. The highest BCUT2D eigenvalue weighted by Gasteiger charge is 2.12. The van der Waals surface area contributed by atoms with Crippen LogP contribution in [0.1, 0.15) is 5.56 Å². The predicted octanol–water partition coefficient (Wildman–Crippen LogP) is 3.91. The Kier molecular flexibility index (Phi) is 7.48. The van der Waals surface area contributed by atoms with Crippen LogP contribution in [0, 0.1) is 0 Å². The van der Waals surface area contributed by atoms with Crippen molar-refractivity contribution in [1.29, 1.82) is 0 Å². The molecule has 1 amide bonds. The summed E-state index contributed by atoms with van der Waals surface area (Å²) in [5, 5.41) is 3.98. The molecule has 0 spiro atoms. The number of nitrogens with one attached hydrogen (secondary N) is 1. The molecule has 0 saturated heterocycles. The minimum Gasteiger partial charge on any atom is -0.493 e. The molecule has 3 aromatic carbocycles. The molecule has 0 heterocycles. The van der Waals surface area contributed by atoms with E-state index >= 15 is 0 Å². The van der Waals surface area contributed by atoms with Gasteiger partial charge in [0.05, 0.1) is 27.5 Å². The van der Waals surface area contributed by atoms with E-state index in [2.05, 4.69) is 10.5 Å². The Labute approximate surface area is 181 Å². The van der Waals surface area contributed by atoms with Gasteiger partial charge in [0.25, 0.3) is 5.91 Å². The summed E-state index contributed by atoms with van der Waals surface area (Å²) < 4.78 is 21.6. The minimum absolute atomic E-state index is 0.170. The lowest BCUT2D eigenvalue weighted by molar-refractivity contribution is -0.123. The van der Waals surface area contributed by atoms with Gasteiger partial charge in [0.15, 0.2) is 18.1 Å². The van der Waals surface area contributed by atoms with Crippen molar-refractivity contribution in [3.05, 3.63) is 72.3 Å². The summed E-state index contributed by atoms with van der Waals surface area (Å²) in [6.07, 6.45) is 1.49. The molecule has 0 aliphatic rings. The van der Waals surface area contributed by atoms with Crippen LogP contribution in [0.15, 0.2) is 71.8 Å². The number of ether oxygens (including phenoxy) is 4. The number of hydrazone groups is 1. The van der Waals surface area contributed by atoms with Crippen LogP contribution >= 0.6 is 0 Å². The van der Waals surface area contributed by atoms with E-state index in [-0.39, 0.29) is 12.5 Å². The number of nitrogens with zero attached hydrogens (tertiary/aromatic N) is 1. The number of hydrogen-bond acceptors (Lipinski definition) is 6. The number of amides is 1. The van der Waals surface area contributed by atoms with Crippen LogP contribution < -0.4 is 24.4 Å². The molecule has 0 aliphatic carbocycles. The number of rotatable bonds is 9. The molecule has 0 saturated carbocycles. The van der Waals surface area contributed by atoms with Crippen molar-refractivity contribution in [2.45, 2.75) is 0 Å². The van der Waals surface area contributed by atoms with Gasteiger partial charge in [-0.1, -0.05) is 48.5 Å². The molecule has 1 N–H and O–H groups in total. The molecule has 0 aromatic heterocycles. The monoisotopic (exact) mass is 420 g/mol. The van der Waals surface area contributed by atoms with Gasteiger partial charge in [-0.15, -0.1) is 0 Å². The molecule has 0 bridgehead atoms. The van der Waals surface area contributed by atoms with Crippen LogP contribution in [-0.2, 0) is 4.79 Å². The number of para-hydroxylation sites is 1. The van der Waals surface area contributed by atoms with E-state index in [0.29, 0.717) is 28.6 Å². The molecule has 7 heteroatoms. The second kappa shape index (κ2) is 10.7. The first-order valence-electron chi connectivity index (χ1n) is 9.55. The second-order valence-electron chi connectivity index (χ2n) is 6.40. The van der Waals surface area contributed by atoms with E-state index in [4.69, 9.17) is 18.9 Å². The molecule has 0 radical (unpaired) electrons. The molecular formula is C24H24N2O5. The maximum Gasteiger partial charge on any atom is 0.277 e. The summed E-state index contributed by atoms with van der Waals surface area (Å²) in [6, 6.07) is 20.9. The van der Waals surface area contributed by atoms with Crippen molar-refractivity contribution in [3.63, 3.8) is 0 Å². The van der Waals surface area contributed by atoms with Crippen LogP contribution in [0.5, 0.6) is 23.0 Å². The standard InChI is InChI=1S/C24H24N2O5/c1-28-21-13-17(14-22(29-2)24(21)30-3)15-25-26-23(27)16-31-20-12-8-7-11-19(20)18-9-5-4-6-10-18/h4-15H,16H2,1-3H3,(H,26,27)/b25-15-. The molecule has 0 atom stereocenters. The summed E-state index contributed by atoms with van der Waals surface area (Å²) in [5.41, 5.74) is 5.05. The van der Waals surface area contributed by atoms with Crippen molar-refractivity contribution in [1.82, 2.24) is 5.43 Å². The smallest absolute Gasteiger partial charge is 0.277 e. The lowest BCUT2D eigenvalue weighted by Crippen LogP contribution is -2.24. The maximum absolute atomic E-state index is 12.2. The minimum atomic E-state index is -0.383. The Balaban J connectivity index is 1.62. The molecule has 0 unspecified atom stereocenters. The zero-order valence-corrected chi connectivity index (χ0v) is 17.6. The van der Waals surface area contributed by atoms with Crippen molar-refractivity contribution in [2.24, 2.45) is 5.10 Å². The normalized spacial score (nSPS) is 10.5. The van der Waals surface area contributed by atoms with Gasteiger partial charge < -0.3 is 18.9 Å². The molecule has 31 heavy (non-hydrogen) atoms. The average molecular weight is 420 g/mol. The first kappa shape index (κ1) is 21.7. The van der Waals surface area contributed by atoms with Crippen LogP contribution in [0.3, 0.4) is 0 Å². The van der Waals surface area contributed by atoms with Gasteiger partial charge in [0, 0.05) is 11.1 Å². The zero-order valence-electron chi connectivity index (χ0n) is 17.6. The van der Waals surface area contributed by atoms with Crippen molar-refractivity contribution < 1.29 is 23.7 Å². The molecular weight excluding hydrogens is 396 g/mol. The lowest BCUT2D eigenvalue weighted by Gasteiger charge is -2.12. The quantitative estimate of drug-likeness (QED) is 0.420. The first-order chi connectivity index (χ1) is 15.2. The number of carbonyl (C=O) groups excluding carboxylic acids is 1. The number of carbonyl (C=O) groups is 1. The predicted molar refractivity (Wildman–Crippen MR) is 119 cm³/mol. The molecule has 3 aromatic rings. The lowest BCUT2D eigenvalue weighted by atomic mass is 10.1. The second-order valence-corrected chi connectivity index (χ2v) is 6.40. The summed E-state index contributed by atoms with van der Waals surface area (Å²) >= 11 is 0. The topological polar surface area (TPSA) is 78.4 Å². The molecule has 3 rings (SSSR count). The first-order valence-corrected chi connectivity index (χ1v) is 9.55. The van der Waals surface area contributed by atoms with E-state index in [1.165, 1.54) is 27.5 Å². The van der Waals surface area contributed by atoms with Crippen LogP contribution in [-0.4, -0.2) is 40.1 Å². The number of hydrogen-bond donors (Lipinski definition) is 1. The maximum atomic E-state index is 12.2.